The molecule has 1 heterocycles. The molecule has 1 rings (SSSR count). The average molecular weight is 193 g/mol. The van der Waals surface area contributed by atoms with Crippen LogP contribution in [0.25, 0.3) is 0 Å². The van der Waals surface area contributed by atoms with Gasteiger partial charge in [0, 0.05) is 6.20 Å². The SMILES string of the molecule is CCCC(O)(CCC)c1ccccn1. The molecule has 0 aliphatic rings. The third kappa shape index (κ3) is 2.55. The summed E-state index contributed by atoms with van der Waals surface area (Å²) in [7, 11) is 0. The fourth-order valence-electron chi connectivity index (χ4n) is 1.85. The number of hydrogen-bond acceptors (Lipinski definition) is 2. The van der Waals surface area contributed by atoms with Gasteiger partial charge in [0.05, 0.1) is 5.69 Å². The Balaban J connectivity index is 2.87. The third-order valence-electron chi connectivity index (χ3n) is 2.47. The van der Waals surface area contributed by atoms with Crippen molar-refractivity contribution in [2.45, 2.75) is 45.1 Å². The van der Waals surface area contributed by atoms with Crippen molar-refractivity contribution < 1.29 is 5.11 Å². The number of nitrogens with zero attached hydrogens (tertiary/aromatic N) is 1. The highest BCUT2D eigenvalue weighted by Crippen LogP contribution is 2.29. The van der Waals surface area contributed by atoms with Crippen LogP contribution in [0.4, 0.5) is 0 Å². The van der Waals surface area contributed by atoms with E-state index in [9.17, 15) is 5.11 Å². The van der Waals surface area contributed by atoms with Crippen LogP contribution in [0.1, 0.15) is 45.2 Å². The molecule has 0 aliphatic heterocycles. The molecule has 0 bridgehead atoms. The average Bonchev–Trinajstić information content (AvgIpc) is 2.20. The molecule has 1 aromatic heterocycles. The van der Waals surface area contributed by atoms with Crippen LogP contribution >= 0.6 is 0 Å². The van der Waals surface area contributed by atoms with Gasteiger partial charge in [0.25, 0.3) is 0 Å². The minimum atomic E-state index is -0.717. The van der Waals surface area contributed by atoms with Gasteiger partial charge in [-0.15, -0.1) is 0 Å². The molecular formula is C12H19NO. The van der Waals surface area contributed by atoms with Gasteiger partial charge in [0.15, 0.2) is 0 Å². The Morgan fingerprint density at radius 1 is 1.21 bits per heavy atom. The largest absolute Gasteiger partial charge is 0.384 e. The molecule has 1 aromatic rings. The molecule has 0 aromatic carbocycles. The molecule has 0 fully saturated rings. The van der Waals surface area contributed by atoms with Crippen LogP contribution < -0.4 is 0 Å². The molecule has 1 N–H and O–H groups in total. The zero-order valence-electron chi connectivity index (χ0n) is 9.03. The van der Waals surface area contributed by atoms with Gasteiger partial charge >= 0.3 is 0 Å². The van der Waals surface area contributed by atoms with E-state index in [0.29, 0.717) is 0 Å². The lowest BCUT2D eigenvalue weighted by molar-refractivity contribution is 0.0127. The summed E-state index contributed by atoms with van der Waals surface area (Å²) < 4.78 is 0. The number of rotatable bonds is 5. The van der Waals surface area contributed by atoms with Crippen LogP contribution in [-0.4, -0.2) is 10.1 Å². The predicted octanol–water partition coefficient (Wildman–Crippen LogP) is 2.87. The Labute approximate surface area is 86.0 Å². The Kier molecular flexibility index (Phi) is 4.08. The minimum Gasteiger partial charge on any atom is -0.384 e. The quantitative estimate of drug-likeness (QED) is 0.780. The van der Waals surface area contributed by atoms with Crippen LogP contribution in [0.3, 0.4) is 0 Å². The van der Waals surface area contributed by atoms with Gasteiger partial charge in [-0.05, 0) is 25.0 Å². The Morgan fingerprint density at radius 3 is 2.29 bits per heavy atom. The van der Waals surface area contributed by atoms with Gasteiger partial charge in [0.1, 0.15) is 5.60 Å². The van der Waals surface area contributed by atoms with Gasteiger partial charge in [-0.2, -0.15) is 0 Å². The molecular weight excluding hydrogens is 174 g/mol. The van der Waals surface area contributed by atoms with Gasteiger partial charge in [-0.1, -0.05) is 32.8 Å². The normalized spacial score (nSPS) is 11.6. The maximum atomic E-state index is 10.4. The summed E-state index contributed by atoms with van der Waals surface area (Å²) in [6.07, 6.45) is 5.28. The van der Waals surface area contributed by atoms with Crippen molar-refractivity contribution in [3.8, 4) is 0 Å². The van der Waals surface area contributed by atoms with Crippen LogP contribution in [0, 0.1) is 0 Å². The molecule has 0 unspecified atom stereocenters. The van der Waals surface area contributed by atoms with E-state index in [1.165, 1.54) is 0 Å². The molecule has 2 heteroatoms. The van der Waals surface area contributed by atoms with E-state index in [1.807, 2.05) is 18.2 Å². The molecule has 0 atom stereocenters. The van der Waals surface area contributed by atoms with Crippen LogP contribution in [-0.2, 0) is 5.60 Å². The Morgan fingerprint density at radius 2 is 1.86 bits per heavy atom. The first-order valence-corrected chi connectivity index (χ1v) is 5.37. The van der Waals surface area contributed by atoms with E-state index in [-0.39, 0.29) is 0 Å². The first-order chi connectivity index (χ1) is 6.73. The first kappa shape index (κ1) is 11.2. The maximum Gasteiger partial charge on any atom is 0.106 e. The number of pyridine rings is 1. The summed E-state index contributed by atoms with van der Waals surface area (Å²) >= 11 is 0. The third-order valence-corrected chi connectivity index (χ3v) is 2.47. The Hall–Kier alpha value is -0.890. The summed E-state index contributed by atoms with van der Waals surface area (Å²) in [5, 5.41) is 10.4. The van der Waals surface area contributed by atoms with E-state index in [1.54, 1.807) is 6.20 Å². The first-order valence-electron chi connectivity index (χ1n) is 5.37. The monoisotopic (exact) mass is 193 g/mol. The van der Waals surface area contributed by atoms with Crippen LogP contribution in [0.15, 0.2) is 24.4 Å². The molecule has 0 aliphatic carbocycles. The summed E-state index contributed by atoms with van der Waals surface area (Å²) in [5.41, 5.74) is 0.0915. The van der Waals surface area contributed by atoms with E-state index in [4.69, 9.17) is 0 Å². The van der Waals surface area contributed by atoms with Crippen molar-refractivity contribution in [2.24, 2.45) is 0 Å². The summed E-state index contributed by atoms with van der Waals surface area (Å²) in [5.74, 6) is 0. The lowest BCUT2D eigenvalue weighted by atomic mass is 9.89. The fraction of sp³-hybridized carbons (Fsp3) is 0.583. The Bertz CT molecular complexity index is 252. The van der Waals surface area contributed by atoms with Crippen molar-refractivity contribution in [1.82, 2.24) is 4.98 Å². The second-order valence-corrected chi connectivity index (χ2v) is 3.75. The van der Waals surface area contributed by atoms with Gasteiger partial charge in [-0.25, -0.2) is 0 Å². The second-order valence-electron chi connectivity index (χ2n) is 3.75. The lowest BCUT2D eigenvalue weighted by Gasteiger charge is -2.26. The predicted molar refractivity (Wildman–Crippen MR) is 57.9 cm³/mol. The minimum absolute atomic E-state index is 0.717. The number of hydrogen-bond donors (Lipinski definition) is 1. The van der Waals surface area contributed by atoms with Crippen molar-refractivity contribution in [1.29, 1.82) is 0 Å². The molecule has 0 saturated heterocycles. The fourth-order valence-corrected chi connectivity index (χ4v) is 1.85. The molecule has 0 saturated carbocycles. The van der Waals surface area contributed by atoms with E-state index < -0.39 is 5.60 Å². The number of aliphatic hydroxyl groups is 1. The van der Waals surface area contributed by atoms with Crippen LogP contribution in [0.5, 0.6) is 0 Å². The summed E-state index contributed by atoms with van der Waals surface area (Å²) in [4.78, 5) is 4.24. The smallest absolute Gasteiger partial charge is 0.106 e. The molecule has 78 valence electrons. The highest BCUT2D eigenvalue weighted by atomic mass is 16.3. The molecule has 2 nitrogen and oxygen atoms in total. The zero-order chi connectivity index (χ0) is 10.4. The standard InChI is InChI=1S/C12H19NO/c1-3-8-12(14,9-4-2)11-7-5-6-10-13-11/h5-7,10,14H,3-4,8-9H2,1-2H3. The number of aromatic nitrogens is 1. The van der Waals surface area contributed by atoms with Gasteiger partial charge in [-0.3, -0.25) is 4.98 Å². The lowest BCUT2D eigenvalue weighted by Crippen LogP contribution is -2.26. The highest BCUT2D eigenvalue weighted by Gasteiger charge is 2.28. The summed E-state index contributed by atoms with van der Waals surface area (Å²) in [6, 6.07) is 5.71. The molecule has 0 radical (unpaired) electrons. The molecule has 0 spiro atoms. The van der Waals surface area contributed by atoms with E-state index in [2.05, 4.69) is 18.8 Å². The molecule has 0 amide bonds. The van der Waals surface area contributed by atoms with Crippen LogP contribution in [0.2, 0.25) is 0 Å². The summed E-state index contributed by atoms with van der Waals surface area (Å²) in [6.45, 7) is 4.17. The van der Waals surface area contributed by atoms with E-state index in [0.717, 1.165) is 31.4 Å². The topological polar surface area (TPSA) is 33.1 Å². The van der Waals surface area contributed by atoms with E-state index >= 15 is 0 Å². The van der Waals surface area contributed by atoms with Gasteiger partial charge in [0.2, 0.25) is 0 Å². The zero-order valence-corrected chi connectivity index (χ0v) is 9.03. The van der Waals surface area contributed by atoms with Crippen molar-refractivity contribution >= 4 is 0 Å². The van der Waals surface area contributed by atoms with Crippen molar-refractivity contribution in [2.75, 3.05) is 0 Å². The van der Waals surface area contributed by atoms with Crippen molar-refractivity contribution in [3.05, 3.63) is 30.1 Å². The second kappa shape index (κ2) is 5.11. The highest BCUT2D eigenvalue weighted by molar-refractivity contribution is 5.12. The van der Waals surface area contributed by atoms with Gasteiger partial charge < -0.3 is 5.11 Å². The van der Waals surface area contributed by atoms with Crippen molar-refractivity contribution in [3.63, 3.8) is 0 Å². The maximum absolute atomic E-state index is 10.4. The molecule has 14 heavy (non-hydrogen) atoms.